The van der Waals surface area contributed by atoms with Crippen LogP contribution < -0.4 is 5.32 Å². The molecular formula is C44H47F2N9O3. The van der Waals surface area contributed by atoms with Crippen molar-refractivity contribution in [1.82, 2.24) is 34.6 Å². The molecule has 2 N–H and O–H groups in total. The lowest BCUT2D eigenvalue weighted by Gasteiger charge is -2.39. The molecule has 300 valence electrons. The first kappa shape index (κ1) is 39.2. The standard InChI is InChI=1S/C44H47F2N9O3/c1-26-8-5-6-9-33(26)34-10-7-14-44(27(34)2,52-40-37-35(49-41(51-40)39(45)46)20-29(22-48-37)24-55-17-13-32(56)25-55)43-50-36-19-28(18-31(21-47)38(36)58-43)23-54-15-11-30(12-16-54)42(57)53(3)4/h5-10,14,18-20,22,27,30,32,39,56H,11-13,15-17,23-25H2,1-4H3,(H,49,51,52). The lowest BCUT2D eigenvalue weighted by atomic mass is 9.73. The van der Waals surface area contributed by atoms with Crippen LogP contribution in [0, 0.1) is 30.1 Å². The van der Waals surface area contributed by atoms with Crippen LogP contribution in [-0.2, 0) is 23.4 Å². The van der Waals surface area contributed by atoms with Crippen molar-refractivity contribution in [1.29, 1.82) is 5.26 Å². The number of piperidine rings is 1. The number of anilines is 1. The molecule has 5 aromatic rings. The number of aromatic nitrogens is 4. The number of hydrogen-bond acceptors (Lipinski definition) is 11. The third-order valence-electron chi connectivity index (χ3n) is 11.8. The second-order valence-electron chi connectivity index (χ2n) is 16.0. The van der Waals surface area contributed by atoms with Crippen LogP contribution in [0.2, 0.25) is 0 Å². The smallest absolute Gasteiger partial charge is 0.297 e. The number of nitrogens with zero attached hydrogens (tertiary/aromatic N) is 8. The fraction of sp³-hybridized carbons (Fsp3) is 0.409. The summed E-state index contributed by atoms with van der Waals surface area (Å²) >= 11 is 0. The fourth-order valence-electron chi connectivity index (χ4n) is 8.68. The van der Waals surface area contributed by atoms with Crippen LogP contribution in [-0.4, -0.2) is 92.0 Å². The highest BCUT2D eigenvalue weighted by Gasteiger charge is 2.45. The van der Waals surface area contributed by atoms with E-state index in [0.29, 0.717) is 48.2 Å². The average Bonchev–Trinajstić information content (AvgIpc) is 3.84. The Labute approximate surface area is 335 Å². The van der Waals surface area contributed by atoms with E-state index in [1.54, 1.807) is 31.3 Å². The predicted molar refractivity (Wildman–Crippen MR) is 216 cm³/mol. The van der Waals surface area contributed by atoms with Crippen molar-refractivity contribution in [3.05, 3.63) is 106 Å². The number of aliphatic hydroxyl groups is 1. The van der Waals surface area contributed by atoms with E-state index in [4.69, 9.17) is 14.4 Å². The Morgan fingerprint density at radius 1 is 1.05 bits per heavy atom. The first-order valence-corrected chi connectivity index (χ1v) is 19.8. The largest absolute Gasteiger partial charge is 0.436 e. The van der Waals surface area contributed by atoms with Gasteiger partial charge in [-0.25, -0.2) is 23.7 Å². The molecule has 0 bridgehead atoms. The Balaban J connectivity index is 1.20. The number of β-amino-alcohol motifs (C(OH)–C–C–N with tert-alkyl or cyclic N) is 1. The van der Waals surface area contributed by atoms with Gasteiger partial charge in [0.25, 0.3) is 6.43 Å². The van der Waals surface area contributed by atoms with Gasteiger partial charge in [-0.2, -0.15) is 5.26 Å². The maximum atomic E-state index is 14.5. The number of allylic oxidation sites excluding steroid dienone is 2. The van der Waals surface area contributed by atoms with Gasteiger partial charge in [-0.15, -0.1) is 0 Å². The molecule has 8 rings (SSSR count). The van der Waals surface area contributed by atoms with Gasteiger partial charge in [0.15, 0.2) is 17.2 Å². The van der Waals surface area contributed by atoms with Crippen molar-refractivity contribution < 1.29 is 23.1 Å². The van der Waals surface area contributed by atoms with Crippen molar-refractivity contribution in [2.75, 3.05) is 45.6 Å². The van der Waals surface area contributed by atoms with Gasteiger partial charge in [-0.05, 0) is 91.4 Å². The summed E-state index contributed by atoms with van der Waals surface area (Å²) in [4.78, 5) is 37.0. The molecule has 14 heteroatoms. The number of aryl methyl sites for hydroxylation is 1. The molecule has 2 saturated heterocycles. The number of fused-ring (bicyclic) bond motifs is 2. The number of oxazole rings is 1. The zero-order valence-electron chi connectivity index (χ0n) is 33.1. The molecule has 0 radical (unpaired) electrons. The van der Waals surface area contributed by atoms with Crippen molar-refractivity contribution >= 4 is 39.4 Å². The van der Waals surface area contributed by atoms with Gasteiger partial charge in [-0.1, -0.05) is 43.3 Å². The molecule has 2 fully saturated rings. The Morgan fingerprint density at radius 2 is 1.79 bits per heavy atom. The third kappa shape index (κ3) is 7.57. The summed E-state index contributed by atoms with van der Waals surface area (Å²) in [5.74, 6) is -0.574. The summed E-state index contributed by atoms with van der Waals surface area (Å²) in [6.45, 7) is 7.88. The van der Waals surface area contributed by atoms with E-state index in [2.05, 4.69) is 31.2 Å². The number of nitrogens with one attached hydrogen (secondary N) is 1. The molecule has 5 heterocycles. The molecule has 58 heavy (non-hydrogen) atoms. The zero-order chi connectivity index (χ0) is 40.7. The normalized spacial score (nSPS) is 21.8. The van der Waals surface area contributed by atoms with Crippen molar-refractivity contribution in [3.8, 4) is 6.07 Å². The van der Waals surface area contributed by atoms with Gasteiger partial charge in [0.1, 0.15) is 22.6 Å². The van der Waals surface area contributed by atoms with Crippen LogP contribution in [0.25, 0.3) is 27.7 Å². The van der Waals surface area contributed by atoms with Crippen LogP contribution in [0.3, 0.4) is 0 Å². The van der Waals surface area contributed by atoms with Gasteiger partial charge < -0.3 is 19.7 Å². The van der Waals surface area contributed by atoms with Crippen LogP contribution in [0.5, 0.6) is 0 Å². The van der Waals surface area contributed by atoms with Crippen molar-refractivity contribution in [2.24, 2.45) is 11.8 Å². The maximum Gasteiger partial charge on any atom is 0.297 e. The Hall–Kier alpha value is -5.62. The summed E-state index contributed by atoms with van der Waals surface area (Å²) in [7, 11) is 3.57. The lowest BCUT2D eigenvalue weighted by molar-refractivity contribution is -0.134. The number of nitriles is 1. The lowest BCUT2D eigenvalue weighted by Crippen LogP contribution is -2.42. The predicted octanol–water partition coefficient (Wildman–Crippen LogP) is 6.75. The summed E-state index contributed by atoms with van der Waals surface area (Å²) in [5, 5.41) is 24.0. The zero-order valence-corrected chi connectivity index (χ0v) is 33.1. The number of amides is 1. The van der Waals surface area contributed by atoms with E-state index < -0.39 is 29.8 Å². The summed E-state index contributed by atoms with van der Waals surface area (Å²) in [6.07, 6.45) is 6.37. The number of benzene rings is 2. The van der Waals surface area contributed by atoms with Crippen molar-refractivity contribution in [2.45, 2.75) is 64.3 Å². The molecule has 12 nitrogen and oxygen atoms in total. The van der Waals surface area contributed by atoms with Gasteiger partial charge in [0, 0.05) is 58.3 Å². The molecule has 3 aliphatic rings. The van der Waals surface area contributed by atoms with Gasteiger partial charge >= 0.3 is 0 Å². The van der Waals surface area contributed by atoms with Crippen LogP contribution in [0.15, 0.2) is 71.3 Å². The quantitative estimate of drug-likeness (QED) is 0.155. The number of carbonyl (C=O) groups is 1. The molecule has 3 aromatic heterocycles. The average molecular weight is 788 g/mol. The number of halogens is 2. The van der Waals surface area contributed by atoms with E-state index in [1.807, 2.05) is 68.5 Å². The van der Waals surface area contributed by atoms with E-state index in [-0.39, 0.29) is 29.1 Å². The van der Waals surface area contributed by atoms with E-state index >= 15 is 0 Å². The van der Waals surface area contributed by atoms with Crippen LogP contribution >= 0.6 is 0 Å². The van der Waals surface area contributed by atoms with Gasteiger partial charge in [-0.3, -0.25) is 19.6 Å². The fourth-order valence-corrected chi connectivity index (χ4v) is 8.68. The minimum atomic E-state index is -2.96. The monoisotopic (exact) mass is 787 g/mol. The number of alkyl halides is 2. The highest BCUT2D eigenvalue weighted by Crippen LogP contribution is 2.46. The molecule has 2 aromatic carbocycles. The number of rotatable bonds is 10. The van der Waals surface area contributed by atoms with E-state index in [1.165, 1.54) is 0 Å². The summed E-state index contributed by atoms with van der Waals surface area (Å²) in [6, 6.07) is 15.9. The number of pyridine rings is 1. The number of carbonyl (C=O) groups excluding carboxylic acids is 1. The van der Waals surface area contributed by atoms with Gasteiger partial charge in [0.05, 0.1) is 17.2 Å². The molecule has 3 unspecified atom stereocenters. The summed E-state index contributed by atoms with van der Waals surface area (Å²) < 4.78 is 35.7. The first-order chi connectivity index (χ1) is 27.9. The molecule has 1 aliphatic carbocycles. The van der Waals surface area contributed by atoms with E-state index in [0.717, 1.165) is 60.3 Å². The second kappa shape index (κ2) is 16.0. The molecule has 0 saturated carbocycles. The SMILES string of the molecule is Cc1ccccc1C1=CC=CC(Nc2nc(C(F)F)nc3cc(CN4CCC(O)C4)cnc23)(c2nc3cc(CN4CCC(C(=O)N(C)C)CC4)cc(C#N)c3o2)C1C. The first-order valence-electron chi connectivity index (χ1n) is 19.8. The Bertz CT molecular complexity index is 2470. The topological polar surface area (TPSA) is 148 Å². The minimum Gasteiger partial charge on any atom is -0.436 e. The molecule has 0 spiro atoms. The Morgan fingerprint density at radius 3 is 2.50 bits per heavy atom. The van der Waals surface area contributed by atoms with Crippen LogP contribution in [0.1, 0.15) is 72.1 Å². The molecule has 2 aliphatic heterocycles. The third-order valence-corrected chi connectivity index (χ3v) is 11.8. The highest BCUT2D eigenvalue weighted by atomic mass is 19.3. The Kier molecular flexibility index (Phi) is 10.8. The molecular weight excluding hydrogens is 741 g/mol. The minimum absolute atomic E-state index is 0.000271. The van der Waals surface area contributed by atoms with Crippen molar-refractivity contribution in [3.63, 3.8) is 0 Å². The number of aliphatic hydroxyl groups excluding tert-OH is 1. The second-order valence-corrected chi connectivity index (χ2v) is 16.0. The van der Waals surface area contributed by atoms with E-state index in [9.17, 15) is 23.9 Å². The number of hydrogen-bond donors (Lipinski definition) is 2. The molecule has 3 atom stereocenters. The van der Waals surface area contributed by atoms with Gasteiger partial charge in [0.2, 0.25) is 11.8 Å². The molecule has 1 amide bonds. The number of likely N-dealkylation sites (tertiary alicyclic amines) is 2. The highest BCUT2D eigenvalue weighted by molar-refractivity contribution is 5.87. The summed E-state index contributed by atoms with van der Waals surface area (Å²) in [5.41, 5.74) is 5.11. The van der Waals surface area contributed by atoms with Crippen LogP contribution in [0.4, 0.5) is 14.6 Å². The maximum absolute atomic E-state index is 14.5.